The van der Waals surface area contributed by atoms with Crippen molar-refractivity contribution in [2.24, 2.45) is 0 Å². The molecule has 1 aliphatic heterocycles. The SMILES string of the molecule is O=C(Nc1ccc2c(c1)OCCO2)Nc1ccccc1F. The van der Waals surface area contributed by atoms with Crippen LogP contribution in [0.5, 0.6) is 11.5 Å². The van der Waals surface area contributed by atoms with E-state index in [4.69, 9.17) is 9.47 Å². The highest BCUT2D eigenvalue weighted by atomic mass is 19.1. The Morgan fingerprint density at radius 1 is 1.00 bits per heavy atom. The van der Waals surface area contributed by atoms with Gasteiger partial charge in [-0.3, -0.25) is 0 Å². The minimum absolute atomic E-state index is 0.118. The number of fused-ring (bicyclic) bond motifs is 1. The van der Waals surface area contributed by atoms with Crippen LogP contribution in [0.4, 0.5) is 20.6 Å². The van der Waals surface area contributed by atoms with Crippen LogP contribution in [0, 0.1) is 5.82 Å². The Hall–Kier alpha value is -2.76. The van der Waals surface area contributed by atoms with Gasteiger partial charge >= 0.3 is 6.03 Å². The summed E-state index contributed by atoms with van der Waals surface area (Å²) in [5.41, 5.74) is 0.653. The van der Waals surface area contributed by atoms with E-state index < -0.39 is 11.8 Å². The summed E-state index contributed by atoms with van der Waals surface area (Å²) < 4.78 is 24.3. The highest BCUT2D eigenvalue weighted by Gasteiger charge is 2.13. The molecule has 2 N–H and O–H groups in total. The lowest BCUT2D eigenvalue weighted by Gasteiger charge is -2.19. The number of halogens is 1. The van der Waals surface area contributed by atoms with E-state index in [9.17, 15) is 9.18 Å². The third kappa shape index (κ3) is 3.05. The van der Waals surface area contributed by atoms with Crippen LogP contribution in [0.1, 0.15) is 0 Å². The fraction of sp³-hybridized carbons (Fsp3) is 0.133. The van der Waals surface area contributed by atoms with Crippen molar-refractivity contribution in [2.45, 2.75) is 0 Å². The first-order valence-electron chi connectivity index (χ1n) is 6.44. The Labute approximate surface area is 120 Å². The number of para-hydroxylation sites is 1. The van der Waals surface area contributed by atoms with Gasteiger partial charge in [0.2, 0.25) is 0 Å². The van der Waals surface area contributed by atoms with Gasteiger partial charge in [0.25, 0.3) is 0 Å². The van der Waals surface area contributed by atoms with Crippen LogP contribution in [0.25, 0.3) is 0 Å². The van der Waals surface area contributed by atoms with Crippen molar-refractivity contribution in [1.29, 1.82) is 0 Å². The number of urea groups is 1. The van der Waals surface area contributed by atoms with Crippen LogP contribution in [0.15, 0.2) is 42.5 Å². The molecular formula is C15H13FN2O3. The maximum atomic E-state index is 13.4. The van der Waals surface area contributed by atoms with Crippen molar-refractivity contribution in [3.8, 4) is 11.5 Å². The maximum Gasteiger partial charge on any atom is 0.323 e. The lowest BCUT2D eigenvalue weighted by atomic mass is 10.2. The Morgan fingerprint density at radius 2 is 1.76 bits per heavy atom. The van der Waals surface area contributed by atoms with E-state index in [-0.39, 0.29) is 5.69 Å². The van der Waals surface area contributed by atoms with Gasteiger partial charge in [-0.25, -0.2) is 9.18 Å². The summed E-state index contributed by atoms with van der Waals surface area (Å²) in [6, 6.07) is 10.5. The number of hydrogen-bond donors (Lipinski definition) is 2. The van der Waals surface area contributed by atoms with Gasteiger partial charge in [0, 0.05) is 11.8 Å². The number of carbonyl (C=O) groups is 1. The quantitative estimate of drug-likeness (QED) is 0.892. The average molecular weight is 288 g/mol. The highest BCUT2D eigenvalue weighted by molar-refractivity contribution is 6.00. The van der Waals surface area contributed by atoms with Gasteiger partial charge in [0.15, 0.2) is 11.5 Å². The molecule has 0 aliphatic carbocycles. The summed E-state index contributed by atoms with van der Waals surface area (Å²) in [7, 11) is 0. The van der Waals surface area contributed by atoms with Crippen LogP contribution in [0.3, 0.4) is 0 Å². The topological polar surface area (TPSA) is 59.6 Å². The highest BCUT2D eigenvalue weighted by Crippen LogP contribution is 2.32. The molecule has 2 amide bonds. The molecule has 3 rings (SSSR count). The van der Waals surface area contributed by atoms with Crippen molar-refractivity contribution in [1.82, 2.24) is 0 Å². The molecule has 0 bridgehead atoms. The molecule has 1 aliphatic rings. The zero-order valence-corrected chi connectivity index (χ0v) is 11.1. The first kappa shape index (κ1) is 13.2. The first-order chi connectivity index (χ1) is 10.2. The molecule has 0 saturated carbocycles. The summed E-state index contributed by atoms with van der Waals surface area (Å²) in [6.07, 6.45) is 0. The lowest BCUT2D eigenvalue weighted by molar-refractivity contribution is 0.171. The number of nitrogens with one attached hydrogen (secondary N) is 2. The summed E-state index contributed by atoms with van der Waals surface area (Å²) in [4.78, 5) is 11.8. The molecule has 0 fully saturated rings. The second-order valence-electron chi connectivity index (χ2n) is 4.42. The molecule has 5 nitrogen and oxygen atoms in total. The third-order valence-corrected chi connectivity index (χ3v) is 2.92. The predicted molar refractivity (Wildman–Crippen MR) is 76.5 cm³/mol. The third-order valence-electron chi connectivity index (χ3n) is 2.92. The Bertz CT molecular complexity index is 676. The molecule has 2 aromatic carbocycles. The zero-order chi connectivity index (χ0) is 14.7. The van der Waals surface area contributed by atoms with E-state index in [1.807, 2.05) is 0 Å². The Balaban J connectivity index is 1.69. The molecule has 0 saturated heterocycles. The van der Waals surface area contributed by atoms with Crippen LogP contribution < -0.4 is 20.1 Å². The lowest BCUT2D eigenvalue weighted by Crippen LogP contribution is -2.20. The minimum Gasteiger partial charge on any atom is -0.486 e. The van der Waals surface area contributed by atoms with E-state index in [1.54, 1.807) is 30.3 Å². The standard InChI is InChI=1S/C15H13FN2O3/c16-11-3-1-2-4-12(11)18-15(19)17-10-5-6-13-14(9-10)21-8-7-20-13/h1-6,9H,7-8H2,(H2,17,18,19). The van der Waals surface area contributed by atoms with E-state index in [0.29, 0.717) is 30.4 Å². The summed E-state index contributed by atoms with van der Waals surface area (Å²) in [6.45, 7) is 0.978. The molecular weight excluding hydrogens is 275 g/mol. The molecule has 2 aromatic rings. The summed E-state index contributed by atoms with van der Waals surface area (Å²) in [5, 5.41) is 5.06. The molecule has 1 heterocycles. The Morgan fingerprint density at radius 3 is 2.57 bits per heavy atom. The van der Waals surface area contributed by atoms with Crippen LogP contribution >= 0.6 is 0 Å². The molecule has 6 heteroatoms. The maximum absolute atomic E-state index is 13.4. The van der Waals surface area contributed by atoms with Crippen LogP contribution in [0.2, 0.25) is 0 Å². The van der Waals surface area contributed by atoms with Crippen LogP contribution in [-0.4, -0.2) is 19.2 Å². The fourth-order valence-corrected chi connectivity index (χ4v) is 1.97. The predicted octanol–water partition coefficient (Wildman–Crippen LogP) is 3.24. The second-order valence-corrected chi connectivity index (χ2v) is 4.42. The molecule has 108 valence electrons. The molecule has 0 atom stereocenters. The zero-order valence-electron chi connectivity index (χ0n) is 11.1. The van der Waals surface area contributed by atoms with Gasteiger partial charge in [-0.15, -0.1) is 0 Å². The smallest absolute Gasteiger partial charge is 0.323 e. The van der Waals surface area contributed by atoms with Crippen molar-refractivity contribution in [3.63, 3.8) is 0 Å². The number of amides is 2. The van der Waals surface area contributed by atoms with Crippen molar-refractivity contribution >= 4 is 17.4 Å². The monoisotopic (exact) mass is 288 g/mol. The van der Waals surface area contributed by atoms with Gasteiger partial charge in [0.1, 0.15) is 19.0 Å². The molecule has 0 unspecified atom stereocenters. The van der Waals surface area contributed by atoms with E-state index in [0.717, 1.165) is 0 Å². The van der Waals surface area contributed by atoms with Gasteiger partial charge in [0.05, 0.1) is 5.69 Å². The molecule has 0 radical (unpaired) electrons. The van der Waals surface area contributed by atoms with Gasteiger partial charge in [-0.05, 0) is 24.3 Å². The van der Waals surface area contributed by atoms with Crippen molar-refractivity contribution in [3.05, 3.63) is 48.3 Å². The van der Waals surface area contributed by atoms with E-state index in [2.05, 4.69) is 10.6 Å². The summed E-state index contributed by atoms with van der Waals surface area (Å²) >= 11 is 0. The van der Waals surface area contributed by atoms with Crippen molar-refractivity contribution < 1.29 is 18.7 Å². The number of rotatable bonds is 2. The Kier molecular flexibility index (Phi) is 3.59. The normalized spacial score (nSPS) is 12.6. The van der Waals surface area contributed by atoms with E-state index in [1.165, 1.54) is 12.1 Å². The number of benzene rings is 2. The van der Waals surface area contributed by atoms with Gasteiger partial charge < -0.3 is 20.1 Å². The van der Waals surface area contributed by atoms with E-state index >= 15 is 0 Å². The number of anilines is 2. The minimum atomic E-state index is -0.531. The molecule has 0 spiro atoms. The molecule has 0 aromatic heterocycles. The second kappa shape index (κ2) is 5.70. The number of carbonyl (C=O) groups excluding carboxylic acids is 1. The molecule has 21 heavy (non-hydrogen) atoms. The van der Waals surface area contributed by atoms with Crippen LogP contribution in [-0.2, 0) is 0 Å². The van der Waals surface area contributed by atoms with Crippen molar-refractivity contribution in [2.75, 3.05) is 23.8 Å². The number of hydrogen-bond acceptors (Lipinski definition) is 3. The summed E-state index contributed by atoms with van der Waals surface area (Å²) in [5.74, 6) is 0.723. The fourth-order valence-electron chi connectivity index (χ4n) is 1.97. The average Bonchev–Trinajstić information content (AvgIpc) is 2.49. The number of ether oxygens (including phenoxy) is 2. The van der Waals surface area contributed by atoms with Gasteiger partial charge in [-0.1, -0.05) is 12.1 Å². The van der Waals surface area contributed by atoms with Gasteiger partial charge in [-0.2, -0.15) is 0 Å². The first-order valence-corrected chi connectivity index (χ1v) is 6.44. The largest absolute Gasteiger partial charge is 0.486 e.